The van der Waals surface area contributed by atoms with Crippen LogP contribution in [0.25, 0.3) is 0 Å². The van der Waals surface area contributed by atoms with Crippen LogP contribution in [0, 0.1) is 0 Å². The molecule has 11 heteroatoms. The average Bonchev–Trinajstić information content (AvgIpc) is 3.21. The Balaban J connectivity index is 4.38. The summed E-state index contributed by atoms with van der Waals surface area (Å²) in [6.45, 7) is 3.50. The lowest BCUT2D eigenvalue weighted by Crippen LogP contribution is -2.34. The van der Waals surface area contributed by atoms with Crippen molar-refractivity contribution in [3.63, 3.8) is 0 Å². The largest absolute Gasteiger partial charge is 0.480 e. The maximum absolute atomic E-state index is 12.6. The summed E-state index contributed by atoms with van der Waals surface area (Å²) in [5.74, 6) is -1.82. The minimum absolute atomic E-state index is 0.0265. The minimum atomic E-state index is -4.64. The zero-order valence-electron chi connectivity index (χ0n) is 36.3. The summed E-state index contributed by atoms with van der Waals surface area (Å²) < 4.78 is 33.3. The van der Waals surface area contributed by atoms with E-state index in [1.54, 1.807) is 0 Å². The molecule has 10 nitrogen and oxygen atoms in total. The number of carboxylic acid groups (broad SMARTS) is 1. The summed E-state index contributed by atoms with van der Waals surface area (Å²) in [5.41, 5.74) is 5.35. The first kappa shape index (κ1) is 55.6. The summed E-state index contributed by atoms with van der Waals surface area (Å²) >= 11 is 0. The molecular formula is C48H78NO9P. The molecule has 0 amide bonds. The van der Waals surface area contributed by atoms with Gasteiger partial charge in [0.1, 0.15) is 12.1 Å². The molecule has 0 aromatic rings. The molecule has 0 spiro atoms. The van der Waals surface area contributed by atoms with Gasteiger partial charge in [-0.15, -0.1) is 0 Å². The van der Waals surface area contributed by atoms with E-state index in [1.165, 1.54) is 0 Å². The van der Waals surface area contributed by atoms with E-state index in [0.717, 1.165) is 116 Å². The second-order valence-corrected chi connectivity index (χ2v) is 15.5. The number of carboxylic acids is 1. The van der Waals surface area contributed by atoms with Crippen molar-refractivity contribution in [1.82, 2.24) is 0 Å². The summed E-state index contributed by atoms with van der Waals surface area (Å²) in [6, 6.07) is -1.49. The molecule has 0 radical (unpaired) electrons. The van der Waals surface area contributed by atoms with Crippen LogP contribution in [-0.4, -0.2) is 60.5 Å². The van der Waals surface area contributed by atoms with Gasteiger partial charge in [-0.05, 0) is 96.3 Å². The predicted octanol–water partition coefficient (Wildman–Crippen LogP) is 12.3. The van der Waals surface area contributed by atoms with Crippen molar-refractivity contribution in [3.8, 4) is 0 Å². The number of esters is 1. The number of unbranched alkanes of at least 4 members (excludes halogenated alkanes) is 8. The van der Waals surface area contributed by atoms with E-state index in [2.05, 4.69) is 123 Å². The molecule has 0 saturated carbocycles. The molecule has 334 valence electrons. The maximum Gasteiger partial charge on any atom is 0.472 e. The molecule has 59 heavy (non-hydrogen) atoms. The van der Waals surface area contributed by atoms with Crippen LogP contribution in [0.2, 0.25) is 0 Å². The van der Waals surface area contributed by atoms with Gasteiger partial charge in [0.2, 0.25) is 0 Å². The van der Waals surface area contributed by atoms with Gasteiger partial charge >= 0.3 is 19.8 Å². The Hall–Kier alpha value is -3.37. The third kappa shape index (κ3) is 42.6. The molecule has 0 fully saturated rings. The van der Waals surface area contributed by atoms with Gasteiger partial charge in [0.05, 0.1) is 19.8 Å². The monoisotopic (exact) mass is 844 g/mol. The molecule has 0 saturated heterocycles. The summed E-state index contributed by atoms with van der Waals surface area (Å²) in [5, 5.41) is 8.90. The van der Waals surface area contributed by atoms with Crippen molar-refractivity contribution >= 4 is 19.8 Å². The van der Waals surface area contributed by atoms with Crippen molar-refractivity contribution in [1.29, 1.82) is 0 Å². The fraction of sp³-hybridized carbons (Fsp3) is 0.583. The van der Waals surface area contributed by atoms with Crippen molar-refractivity contribution in [2.45, 2.75) is 154 Å². The van der Waals surface area contributed by atoms with Crippen molar-refractivity contribution in [3.05, 3.63) is 109 Å². The Morgan fingerprint density at radius 3 is 1.39 bits per heavy atom. The van der Waals surface area contributed by atoms with E-state index in [4.69, 9.17) is 29.4 Å². The molecule has 0 aliphatic heterocycles. The van der Waals surface area contributed by atoms with Crippen LogP contribution < -0.4 is 5.73 Å². The van der Waals surface area contributed by atoms with E-state index in [9.17, 15) is 19.0 Å². The topological polar surface area (TPSA) is 155 Å². The fourth-order valence-electron chi connectivity index (χ4n) is 5.21. The normalized spacial score (nSPS) is 14.9. The number of carbonyl (C=O) groups excluding carboxylic acids is 1. The third-order valence-electron chi connectivity index (χ3n) is 8.55. The molecule has 0 aromatic carbocycles. The van der Waals surface area contributed by atoms with Crippen LogP contribution in [-0.2, 0) is 32.7 Å². The van der Waals surface area contributed by atoms with Gasteiger partial charge in [-0.2, -0.15) is 0 Å². The van der Waals surface area contributed by atoms with Crippen molar-refractivity contribution < 1.29 is 42.7 Å². The fourth-order valence-corrected chi connectivity index (χ4v) is 5.99. The predicted molar refractivity (Wildman–Crippen MR) is 244 cm³/mol. The summed E-state index contributed by atoms with van der Waals surface area (Å²) in [6.07, 6.45) is 57.1. The number of hydrogen-bond acceptors (Lipinski definition) is 8. The number of hydrogen-bond donors (Lipinski definition) is 3. The molecular weight excluding hydrogens is 765 g/mol. The molecule has 3 atom stereocenters. The zero-order valence-corrected chi connectivity index (χ0v) is 37.2. The van der Waals surface area contributed by atoms with Crippen molar-refractivity contribution in [2.24, 2.45) is 5.73 Å². The highest BCUT2D eigenvalue weighted by molar-refractivity contribution is 7.47. The standard InChI is InChI=1S/C48H78NO9P/c1-3-5-7-9-11-13-15-17-19-21-23-24-26-28-30-32-34-36-38-40-47(50)58-45(43-56-59(53,54)57-44-46(49)48(51)52)42-55-41-39-37-35-33-31-29-27-25-22-20-18-16-14-12-10-8-6-4-2/h5-8,11-14,17-20,23-25,27,31,33,45-46H,3-4,9-10,15-16,21-22,26,28-30,32,34-44,49H2,1-2H3,(H,51,52)(H,53,54)/b7-5-,8-6-,13-11-,14-12-,19-17-,20-18-,24-23-,27-25-,33-31-. The molecule has 4 N–H and O–H groups in total. The van der Waals surface area contributed by atoms with Crippen LogP contribution in [0.1, 0.15) is 142 Å². The number of ether oxygens (including phenoxy) is 2. The van der Waals surface area contributed by atoms with E-state index >= 15 is 0 Å². The smallest absolute Gasteiger partial charge is 0.472 e. The van der Waals surface area contributed by atoms with Crippen LogP contribution in [0.15, 0.2) is 109 Å². The van der Waals surface area contributed by atoms with E-state index in [0.29, 0.717) is 13.0 Å². The Labute approximate surface area is 357 Å². The number of allylic oxidation sites excluding steroid dienone is 18. The molecule has 0 aliphatic carbocycles. The van der Waals surface area contributed by atoms with E-state index in [1.807, 2.05) is 0 Å². The lowest BCUT2D eigenvalue weighted by molar-refractivity contribution is -0.154. The maximum atomic E-state index is 12.6. The lowest BCUT2D eigenvalue weighted by atomic mass is 10.1. The van der Waals surface area contributed by atoms with Gasteiger partial charge < -0.3 is 25.2 Å². The highest BCUT2D eigenvalue weighted by Crippen LogP contribution is 2.43. The summed E-state index contributed by atoms with van der Waals surface area (Å²) in [7, 11) is -4.64. The van der Waals surface area contributed by atoms with Crippen LogP contribution in [0.3, 0.4) is 0 Å². The lowest BCUT2D eigenvalue weighted by Gasteiger charge is -2.20. The molecule has 0 rings (SSSR count). The van der Waals surface area contributed by atoms with Gasteiger partial charge in [0.25, 0.3) is 0 Å². The van der Waals surface area contributed by atoms with Crippen LogP contribution >= 0.6 is 7.82 Å². The quantitative estimate of drug-likeness (QED) is 0.0235. The first-order chi connectivity index (χ1) is 28.7. The SMILES string of the molecule is CC/C=C\C/C=C\C/C=C\C/C=C\C/C=C\CCCCOCC(COP(=O)(O)OCC(N)C(=O)O)OC(=O)CCCCCCCC/C=C\C/C=C\C/C=C\C/C=C\CC. The Kier molecular flexibility index (Phi) is 40.3. The molecule has 0 aliphatic rings. The molecule has 3 unspecified atom stereocenters. The number of rotatable bonds is 40. The number of phosphoric ester groups is 1. The van der Waals surface area contributed by atoms with E-state index in [-0.39, 0.29) is 13.0 Å². The van der Waals surface area contributed by atoms with Gasteiger partial charge in [0, 0.05) is 13.0 Å². The van der Waals surface area contributed by atoms with Crippen LogP contribution in [0.5, 0.6) is 0 Å². The molecule has 0 aromatic heterocycles. The first-order valence-electron chi connectivity index (χ1n) is 21.9. The second-order valence-electron chi connectivity index (χ2n) is 14.1. The number of carbonyl (C=O) groups is 2. The molecule has 0 bridgehead atoms. The van der Waals surface area contributed by atoms with Gasteiger partial charge in [0.15, 0.2) is 0 Å². The van der Waals surface area contributed by atoms with E-state index < -0.39 is 45.1 Å². The van der Waals surface area contributed by atoms with Crippen molar-refractivity contribution in [2.75, 3.05) is 26.4 Å². The zero-order chi connectivity index (χ0) is 43.3. The second kappa shape index (κ2) is 42.7. The Bertz CT molecular complexity index is 1350. The van der Waals surface area contributed by atoms with Gasteiger partial charge in [-0.1, -0.05) is 149 Å². The highest BCUT2D eigenvalue weighted by atomic mass is 31.2. The average molecular weight is 844 g/mol. The number of aliphatic carboxylic acids is 1. The Morgan fingerprint density at radius 1 is 0.542 bits per heavy atom. The highest BCUT2D eigenvalue weighted by Gasteiger charge is 2.27. The molecule has 0 heterocycles. The third-order valence-corrected chi connectivity index (χ3v) is 9.50. The Morgan fingerprint density at radius 2 is 0.932 bits per heavy atom. The minimum Gasteiger partial charge on any atom is -0.480 e. The summed E-state index contributed by atoms with van der Waals surface area (Å²) in [4.78, 5) is 33.6. The van der Waals surface area contributed by atoms with Crippen LogP contribution in [0.4, 0.5) is 0 Å². The first-order valence-corrected chi connectivity index (χ1v) is 23.4. The number of phosphoric acid groups is 1. The van der Waals surface area contributed by atoms with Gasteiger partial charge in [-0.25, -0.2) is 4.57 Å². The number of nitrogens with two attached hydrogens (primary N) is 1. The van der Waals surface area contributed by atoms with Gasteiger partial charge in [-0.3, -0.25) is 18.6 Å².